The molecule has 0 rings (SSSR count). The van der Waals surface area contributed by atoms with Crippen LogP contribution in [0.3, 0.4) is 0 Å². The van der Waals surface area contributed by atoms with Gasteiger partial charge in [0.25, 0.3) is 0 Å². The van der Waals surface area contributed by atoms with Crippen LogP contribution in [0.4, 0.5) is 0 Å². The maximum Gasteiger partial charge on any atom is 0.0745 e. The van der Waals surface area contributed by atoms with Gasteiger partial charge in [0.15, 0.2) is 0 Å². The molecule has 0 saturated heterocycles. The van der Waals surface area contributed by atoms with Crippen molar-refractivity contribution >= 4 is 0 Å². The zero-order valence-electron chi connectivity index (χ0n) is 11.5. The maximum absolute atomic E-state index is 8.97. The summed E-state index contributed by atoms with van der Waals surface area (Å²) >= 11 is 0. The molecule has 1 N–H and O–H groups in total. The van der Waals surface area contributed by atoms with E-state index in [1.807, 2.05) is 0 Å². The van der Waals surface area contributed by atoms with E-state index >= 15 is 0 Å². The Morgan fingerprint density at radius 1 is 1.00 bits per heavy atom. The summed E-state index contributed by atoms with van der Waals surface area (Å²) in [6, 6.07) is 0. The van der Waals surface area contributed by atoms with Crippen LogP contribution in [-0.4, -0.2) is 24.4 Å². The van der Waals surface area contributed by atoms with Crippen molar-refractivity contribution in [2.75, 3.05) is 13.2 Å². The molecule has 0 amide bonds. The van der Waals surface area contributed by atoms with Crippen LogP contribution >= 0.6 is 0 Å². The molecule has 0 radical (unpaired) electrons. The van der Waals surface area contributed by atoms with E-state index < -0.39 is 0 Å². The Labute approximate surface area is 107 Å². The van der Waals surface area contributed by atoms with Crippen molar-refractivity contribution in [1.29, 1.82) is 0 Å². The van der Waals surface area contributed by atoms with Crippen molar-refractivity contribution in [2.45, 2.75) is 71.3 Å². The van der Waals surface area contributed by atoms with Crippen molar-refractivity contribution in [2.24, 2.45) is 0 Å². The van der Waals surface area contributed by atoms with Gasteiger partial charge in [-0.1, -0.05) is 26.2 Å². The Morgan fingerprint density at radius 2 is 1.65 bits per heavy atom. The molecule has 0 aliphatic heterocycles. The summed E-state index contributed by atoms with van der Waals surface area (Å²) in [6.07, 6.45) is 9.01. The van der Waals surface area contributed by atoms with Crippen molar-refractivity contribution in [1.82, 2.24) is 0 Å². The average Bonchev–Trinajstić information content (AvgIpc) is 2.30. The number of aliphatic hydroxyl groups is 1. The van der Waals surface area contributed by atoms with Crippen LogP contribution in [0.1, 0.15) is 65.2 Å². The van der Waals surface area contributed by atoms with Gasteiger partial charge in [0.1, 0.15) is 0 Å². The largest absolute Gasteiger partial charge is 0.391 e. The number of hydrogen-bond donors (Lipinski definition) is 1. The Balaban J connectivity index is 3.09. The third-order valence-corrected chi connectivity index (χ3v) is 2.48. The van der Waals surface area contributed by atoms with Gasteiger partial charge < -0.3 is 9.84 Å². The van der Waals surface area contributed by atoms with Crippen molar-refractivity contribution in [3.8, 4) is 11.8 Å². The Hall–Kier alpha value is -0.520. The van der Waals surface area contributed by atoms with Crippen LogP contribution < -0.4 is 0 Å². The molecule has 0 aliphatic rings. The third kappa shape index (κ3) is 15.5. The third-order valence-electron chi connectivity index (χ3n) is 2.48. The summed E-state index contributed by atoms with van der Waals surface area (Å²) in [5.74, 6) is 6.43. The van der Waals surface area contributed by atoms with Crippen LogP contribution in [0, 0.1) is 11.8 Å². The van der Waals surface area contributed by atoms with Crippen LogP contribution in [0.5, 0.6) is 0 Å². The van der Waals surface area contributed by atoms with Gasteiger partial charge in [-0.2, -0.15) is 0 Å². The summed E-state index contributed by atoms with van der Waals surface area (Å²) in [5.41, 5.74) is 0. The van der Waals surface area contributed by atoms with Crippen LogP contribution in [0.2, 0.25) is 0 Å². The van der Waals surface area contributed by atoms with E-state index in [2.05, 4.69) is 18.8 Å². The highest BCUT2D eigenvalue weighted by Crippen LogP contribution is 2.01. The molecule has 0 aromatic carbocycles. The first kappa shape index (κ1) is 16.5. The van der Waals surface area contributed by atoms with Gasteiger partial charge >= 0.3 is 0 Å². The van der Waals surface area contributed by atoms with Crippen LogP contribution in [-0.2, 0) is 4.74 Å². The van der Waals surface area contributed by atoms with Crippen molar-refractivity contribution < 1.29 is 9.84 Å². The zero-order chi connectivity index (χ0) is 12.8. The summed E-state index contributed by atoms with van der Waals surface area (Å²) in [5, 5.41) is 8.97. The summed E-state index contributed by atoms with van der Waals surface area (Å²) in [6.45, 7) is 5.15. The molecule has 0 bridgehead atoms. The van der Waals surface area contributed by atoms with Gasteiger partial charge in [-0.15, -0.1) is 11.8 Å². The predicted molar refractivity (Wildman–Crippen MR) is 72.9 cm³/mol. The lowest BCUT2D eigenvalue weighted by Gasteiger charge is -2.04. The van der Waals surface area contributed by atoms with Gasteiger partial charge in [-0.3, -0.25) is 0 Å². The molecule has 1 atom stereocenters. The van der Waals surface area contributed by atoms with Crippen LogP contribution in [0.15, 0.2) is 0 Å². The summed E-state index contributed by atoms with van der Waals surface area (Å²) in [4.78, 5) is 0. The Bertz CT molecular complexity index is 201. The van der Waals surface area contributed by atoms with Gasteiger partial charge in [0, 0.05) is 19.4 Å². The second-order valence-corrected chi connectivity index (χ2v) is 4.55. The normalized spacial score (nSPS) is 11.9. The summed E-state index contributed by atoms with van der Waals surface area (Å²) in [7, 11) is 0. The Kier molecular flexibility index (Phi) is 13.1. The second kappa shape index (κ2) is 13.5. The minimum absolute atomic E-state index is 0.349. The van der Waals surface area contributed by atoms with Gasteiger partial charge in [0.2, 0.25) is 0 Å². The smallest absolute Gasteiger partial charge is 0.0745 e. The van der Waals surface area contributed by atoms with Gasteiger partial charge in [-0.25, -0.2) is 0 Å². The Morgan fingerprint density at radius 3 is 2.24 bits per heavy atom. The van der Waals surface area contributed by atoms with E-state index in [-0.39, 0.29) is 6.10 Å². The fourth-order valence-electron chi connectivity index (χ4n) is 1.49. The molecule has 0 aromatic heterocycles. The molecule has 1 unspecified atom stereocenters. The minimum atomic E-state index is -0.349. The molecule has 0 aromatic rings. The molecule has 0 saturated carbocycles. The maximum atomic E-state index is 8.97. The fourth-order valence-corrected chi connectivity index (χ4v) is 1.49. The SMILES string of the molecule is CCCCCCC#CCCCCOCC(C)O. The molecule has 0 spiro atoms. The van der Waals surface area contributed by atoms with E-state index in [1.54, 1.807) is 6.92 Å². The highest BCUT2D eigenvalue weighted by atomic mass is 16.5. The molecule has 0 fully saturated rings. The molecule has 100 valence electrons. The molecular formula is C15H28O2. The lowest BCUT2D eigenvalue weighted by Crippen LogP contribution is -2.10. The molecular weight excluding hydrogens is 212 g/mol. The van der Waals surface area contributed by atoms with E-state index in [9.17, 15) is 0 Å². The monoisotopic (exact) mass is 240 g/mol. The quantitative estimate of drug-likeness (QED) is 0.467. The lowest BCUT2D eigenvalue weighted by atomic mass is 10.1. The number of aliphatic hydroxyl groups excluding tert-OH is 1. The van der Waals surface area contributed by atoms with Crippen molar-refractivity contribution in [3.05, 3.63) is 0 Å². The highest BCUT2D eigenvalue weighted by molar-refractivity contribution is 4.98. The van der Waals surface area contributed by atoms with Crippen molar-refractivity contribution in [3.63, 3.8) is 0 Å². The van der Waals surface area contributed by atoms with Gasteiger partial charge in [0.05, 0.1) is 12.7 Å². The zero-order valence-corrected chi connectivity index (χ0v) is 11.5. The molecule has 0 aliphatic carbocycles. The average molecular weight is 240 g/mol. The first-order chi connectivity index (χ1) is 8.27. The van der Waals surface area contributed by atoms with E-state index in [1.165, 1.54) is 25.7 Å². The molecule has 2 heteroatoms. The number of ether oxygens (including phenoxy) is 1. The number of unbranched alkanes of at least 4 members (excludes halogenated alkanes) is 6. The highest BCUT2D eigenvalue weighted by Gasteiger charge is 1.94. The van der Waals surface area contributed by atoms with E-state index in [0.717, 1.165) is 32.3 Å². The predicted octanol–water partition coefficient (Wildman–Crippen LogP) is 3.53. The fraction of sp³-hybridized carbons (Fsp3) is 0.867. The minimum Gasteiger partial charge on any atom is -0.391 e. The first-order valence-corrected chi connectivity index (χ1v) is 6.99. The first-order valence-electron chi connectivity index (χ1n) is 6.99. The molecule has 0 heterocycles. The van der Waals surface area contributed by atoms with E-state index in [4.69, 9.17) is 9.84 Å². The topological polar surface area (TPSA) is 29.5 Å². The second-order valence-electron chi connectivity index (χ2n) is 4.55. The summed E-state index contributed by atoms with van der Waals surface area (Å²) < 4.78 is 5.27. The van der Waals surface area contributed by atoms with Crippen LogP contribution in [0.25, 0.3) is 0 Å². The standard InChI is InChI=1S/C15H28O2/c1-3-4-5-6-7-8-9-10-11-12-13-17-14-15(2)16/h15-16H,3-7,10-14H2,1-2H3. The number of rotatable bonds is 10. The number of hydrogen-bond acceptors (Lipinski definition) is 2. The van der Waals surface area contributed by atoms with E-state index in [0.29, 0.717) is 6.61 Å². The molecule has 17 heavy (non-hydrogen) atoms. The lowest BCUT2D eigenvalue weighted by molar-refractivity contribution is 0.0448. The van der Waals surface area contributed by atoms with Gasteiger partial charge in [-0.05, 0) is 26.2 Å². The molecule has 2 nitrogen and oxygen atoms in total.